The number of thiazole rings is 1. The van der Waals surface area contributed by atoms with Crippen LogP contribution in [0.5, 0.6) is 0 Å². The van der Waals surface area contributed by atoms with Gasteiger partial charge >= 0.3 is 5.97 Å². The second kappa shape index (κ2) is 11.5. The summed E-state index contributed by atoms with van der Waals surface area (Å²) in [6.07, 6.45) is -0.121. The lowest BCUT2D eigenvalue weighted by atomic mass is 10.1. The molecule has 0 saturated heterocycles. The van der Waals surface area contributed by atoms with Gasteiger partial charge < -0.3 is 15.3 Å². The fourth-order valence-electron chi connectivity index (χ4n) is 3.41. The monoisotopic (exact) mass is 569 g/mol. The molecule has 1 amide bonds. The fourth-order valence-corrected chi connectivity index (χ4v) is 4.83. The van der Waals surface area contributed by atoms with Crippen LogP contribution < -0.4 is 10.2 Å². The van der Waals surface area contributed by atoms with E-state index < -0.39 is 5.97 Å². The van der Waals surface area contributed by atoms with Crippen molar-refractivity contribution in [2.75, 3.05) is 11.4 Å². The van der Waals surface area contributed by atoms with Crippen molar-refractivity contribution in [2.45, 2.75) is 13.0 Å². The summed E-state index contributed by atoms with van der Waals surface area (Å²) >= 11 is 11.1. The first-order valence-electron chi connectivity index (χ1n) is 10.7. The van der Waals surface area contributed by atoms with Gasteiger partial charge in [0.25, 0.3) is 5.91 Å². The minimum Gasteiger partial charge on any atom is -0.481 e. The zero-order valence-electron chi connectivity index (χ0n) is 18.4. The molecule has 35 heavy (non-hydrogen) atoms. The van der Waals surface area contributed by atoms with Crippen molar-refractivity contribution in [1.29, 1.82) is 0 Å². The summed E-state index contributed by atoms with van der Waals surface area (Å²) < 4.78 is 0.990. The number of aliphatic carboxylic acids is 1. The number of amides is 1. The maximum Gasteiger partial charge on any atom is 0.305 e. The van der Waals surface area contributed by atoms with Gasteiger partial charge in [0.05, 0.1) is 18.7 Å². The number of carbonyl (C=O) groups is 2. The molecule has 4 rings (SSSR count). The van der Waals surface area contributed by atoms with Crippen LogP contribution in [0.4, 0.5) is 10.8 Å². The van der Waals surface area contributed by atoms with Gasteiger partial charge in [0, 0.05) is 38.2 Å². The predicted octanol–water partition coefficient (Wildman–Crippen LogP) is 6.77. The Kier molecular flexibility index (Phi) is 8.17. The van der Waals surface area contributed by atoms with E-state index in [2.05, 4.69) is 38.3 Å². The molecular weight excluding hydrogens is 550 g/mol. The smallest absolute Gasteiger partial charge is 0.305 e. The van der Waals surface area contributed by atoms with E-state index in [1.165, 1.54) is 11.3 Å². The summed E-state index contributed by atoms with van der Waals surface area (Å²) in [5.41, 5.74) is 4.27. The molecular formula is C26H21BrClN3O3S. The molecule has 3 aromatic carbocycles. The van der Waals surface area contributed by atoms with Gasteiger partial charge in [-0.2, -0.15) is 0 Å². The second-order valence-corrected chi connectivity index (χ2v) is 9.87. The number of carboxylic acid groups (broad SMARTS) is 1. The molecule has 4 aromatic rings. The average Bonchev–Trinajstić information content (AvgIpc) is 3.33. The Bertz CT molecular complexity index is 1330. The number of halogens is 2. The van der Waals surface area contributed by atoms with Gasteiger partial charge in [0.2, 0.25) is 0 Å². The molecule has 0 aliphatic heterocycles. The number of hydrogen-bond donors (Lipinski definition) is 2. The number of nitrogens with zero attached hydrogens (tertiary/aromatic N) is 2. The second-order valence-electron chi connectivity index (χ2n) is 7.68. The molecule has 0 bridgehead atoms. The Hall–Kier alpha value is -3.20. The zero-order valence-corrected chi connectivity index (χ0v) is 21.6. The highest BCUT2D eigenvalue weighted by Crippen LogP contribution is 2.34. The van der Waals surface area contributed by atoms with Crippen molar-refractivity contribution in [3.8, 4) is 11.3 Å². The van der Waals surface area contributed by atoms with Gasteiger partial charge in [-0.3, -0.25) is 9.59 Å². The van der Waals surface area contributed by atoms with Crippen molar-refractivity contribution in [3.05, 3.63) is 98.8 Å². The van der Waals surface area contributed by atoms with Gasteiger partial charge in [0.1, 0.15) is 0 Å². The third kappa shape index (κ3) is 6.69. The van der Waals surface area contributed by atoms with Crippen molar-refractivity contribution >= 4 is 61.6 Å². The number of anilines is 2. The molecule has 9 heteroatoms. The number of rotatable bonds is 9. The third-order valence-electron chi connectivity index (χ3n) is 5.16. The molecule has 6 nitrogen and oxygen atoms in total. The minimum absolute atomic E-state index is 0.0809. The number of carbonyl (C=O) groups excluding carboxylic acids is 1. The number of benzene rings is 3. The SMILES string of the molecule is O=C(O)CCNC(=O)c1ccc(N(Cc2cccc(Br)c2)c2nc(-c3ccc(Cl)cc3)cs2)cc1. The molecule has 0 unspecified atom stereocenters. The average molecular weight is 571 g/mol. The normalized spacial score (nSPS) is 10.7. The number of carboxylic acids is 1. The van der Waals surface area contributed by atoms with E-state index in [4.69, 9.17) is 21.7 Å². The first kappa shape index (κ1) is 24.9. The zero-order chi connectivity index (χ0) is 24.8. The number of nitrogens with one attached hydrogen (secondary N) is 1. The van der Waals surface area contributed by atoms with E-state index in [0.717, 1.165) is 32.1 Å². The van der Waals surface area contributed by atoms with Gasteiger partial charge in [-0.15, -0.1) is 11.3 Å². The summed E-state index contributed by atoms with van der Waals surface area (Å²) in [6, 6.07) is 22.8. The molecule has 1 heterocycles. The molecule has 178 valence electrons. The van der Waals surface area contributed by atoms with Crippen LogP contribution in [0.25, 0.3) is 11.3 Å². The highest BCUT2D eigenvalue weighted by Gasteiger charge is 2.16. The van der Waals surface area contributed by atoms with E-state index in [9.17, 15) is 9.59 Å². The lowest BCUT2D eigenvalue weighted by Crippen LogP contribution is -2.26. The quantitative estimate of drug-likeness (QED) is 0.232. The van der Waals surface area contributed by atoms with Crippen molar-refractivity contribution < 1.29 is 14.7 Å². The highest BCUT2D eigenvalue weighted by atomic mass is 79.9. The minimum atomic E-state index is -0.953. The largest absolute Gasteiger partial charge is 0.481 e. The molecule has 0 spiro atoms. The maximum absolute atomic E-state index is 12.3. The highest BCUT2D eigenvalue weighted by molar-refractivity contribution is 9.10. The maximum atomic E-state index is 12.3. The van der Waals surface area contributed by atoms with Crippen LogP contribution in [0.1, 0.15) is 22.3 Å². The van der Waals surface area contributed by atoms with E-state index >= 15 is 0 Å². The molecule has 0 aliphatic carbocycles. The Morgan fingerprint density at radius 1 is 1.06 bits per heavy atom. The van der Waals surface area contributed by atoms with Crippen molar-refractivity contribution in [3.63, 3.8) is 0 Å². The Balaban J connectivity index is 1.60. The van der Waals surface area contributed by atoms with Gasteiger partial charge in [0.15, 0.2) is 5.13 Å². The standard InChI is InChI=1S/C26H21BrClN3O3S/c27-20-3-1-2-17(14-20)15-31(26-30-23(16-35-26)18-4-8-21(28)9-5-18)22-10-6-19(7-11-22)25(34)29-13-12-24(32)33/h1-11,14,16H,12-13,15H2,(H,29,34)(H,32,33). The first-order chi connectivity index (χ1) is 16.9. The summed E-state index contributed by atoms with van der Waals surface area (Å²) in [4.78, 5) is 30.0. The Morgan fingerprint density at radius 3 is 2.49 bits per heavy atom. The van der Waals surface area contributed by atoms with Gasteiger partial charge in [-0.1, -0.05) is 51.8 Å². The van der Waals surface area contributed by atoms with Crippen LogP contribution >= 0.6 is 38.9 Å². The predicted molar refractivity (Wildman–Crippen MR) is 144 cm³/mol. The summed E-state index contributed by atoms with van der Waals surface area (Å²) in [5.74, 6) is -1.26. The summed E-state index contributed by atoms with van der Waals surface area (Å²) in [7, 11) is 0. The third-order valence-corrected chi connectivity index (χ3v) is 6.77. The number of hydrogen-bond acceptors (Lipinski definition) is 5. The van der Waals surface area contributed by atoms with Crippen LogP contribution in [-0.4, -0.2) is 28.5 Å². The van der Waals surface area contributed by atoms with E-state index in [-0.39, 0.29) is 18.9 Å². The molecule has 0 fully saturated rings. The van der Waals surface area contributed by atoms with Crippen molar-refractivity contribution in [2.24, 2.45) is 0 Å². The van der Waals surface area contributed by atoms with Crippen LogP contribution in [0, 0.1) is 0 Å². The molecule has 2 N–H and O–H groups in total. The lowest BCUT2D eigenvalue weighted by Gasteiger charge is -2.22. The molecule has 0 saturated carbocycles. The number of aromatic nitrogens is 1. The first-order valence-corrected chi connectivity index (χ1v) is 12.8. The molecule has 1 aromatic heterocycles. The van der Waals surface area contributed by atoms with Crippen LogP contribution in [0.3, 0.4) is 0 Å². The topological polar surface area (TPSA) is 82.5 Å². The summed E-state index contributed by atoms with van der Waals surface area (Å²) in [5, 5.41) is 14.9. The Morgan fingerprint density at radius 2 is 1.80 bits per heavy atom. The molecule has 0 atom stereocenters. The van der Waals surface area contributed by atoms with Crippen LogP contribution in [0.2, 0.25) is 5.02 Å². The van der Waals surface area contributed by atoms with Crippen LogP contribution in [0.15, 0.2) is 82.6 Å². The fraction of sp³-hybridized carbons (Fsp3) is 0.115. The van der Waals surface area contributed by atoms with E-state index in [1.54, 1.807) is 12.1 Å². The van der Waals surface area contributed by atoms with E-state index in [1.807, 2.05) is 53.9 Å². The van der Waals surface area contributed by atoms with E-state index in [0.29, 0.717) is 17.1 Å². The van der Waals surface area contributed by atoms with Gasteiger partial charge in [-0.25, -0.2) is 4.98 Å². The van der Waals surface area contributed by atoms with Gasteiger partial charge in [-0.05, 0) is 54.1 Å². The molecule has 0 radical (unpaired) electrons. The lowest BCUT2D eigenvalue weighted by molar-refractivity contribution is -0.136. The Labute approximate surface area is 220 Å². The van der Waals surface area contributed by atoms with Crippen molar-refractivity contribution in [1.82, 2.24) is 10.3 Å². The summed E-state index contributed by atoms with van der Waals surface area (Å²) in [6.45, 7) is 0.661. The van der Waals surface area contributed by atoms with Crippen LogP contribution in [-0.2, 0) is 11.3 Å². The molecule has 0 aliphatic rings.